The maximum atomic E-state index is 13.0. The summed E-state index contributed by atoms with van der Waals surface area (Å²) in [4.78, 5) is 30.0. The molecule has 0 aromatic heterocycles. The SMILES string of the molecule is Cc1cccc(NC(=O)NC2CCN(Cc3ccccc3)CC2)c1C(=O)N1CCCC1. The van der Waals surface area contributed by atoms with Crippen molar-refractivity contribution in [3.8, 4) is 0 Å². The second-order valence-electron chi connectivity index (χ2n) is 8.63. The van der Waals surface area contributed by atoms with Gasteiger partial charge in [0.15, 0.2) is 0 Å². The van der Waals surface area contributed by atoms with Crippen LogP contribution in [0.5, 0.6) is 0 Å². The number of piperidine rings is 1. The van der Waals surface area contributed by atoms with Crippen LogP contribution in [0.4, 0.5) is 10.5 Å². The quantitative estimate of drug-likeness (QED) is 0.768. The highest BCUT2D eigenvalue weighted by Gasteiger charge is 2.25. The third kappa shape index (κ3) is 5.44. The second-order valence-corrected chi connectivity index (χ2v) is 8.63. The highest BCUT2D eigenvalue weighted by Crippen LogP contribution is 2.24. The van der Waals surface area contributed by atoms with Gasteiger partial charge in [-0.3, -0.25) is 9.69 Å². The summed E-state index contributed by atoms with van der Waals surface area (Å²) in [5, 5.41) is 6.05. The molecule has 0 radical (unpaired) electrons. The number of nitrogens with zero attached hydrogens (tertiary/aromatic N) is 2. The molecule has 3 amide bonds. The highest BCUT2D eigenvalue weighted by molar-refractivity contribution is 6.04. The molecule has 2 heterocycles. The van der Waals surface area contributed by atoms with Crippen molar-refractivity contribution in [2.45, 2.75) is 45.2 Å². The Hall–Kier alpha value is -2.86. The summed E-state index contributed by atoms with van der Waals surface area (Å²) in [5.41, 5.74) is 3.42. The average molecular weight is 421 g/mol. The van der Waals surface area contributed by atoms with Crippen molar-refractivity contribution in [3.05, 3.63) is 65.2 Å². The van der Waals surface area contributed by atoms with E-state index in [9.17, 15) is 9.59 Å². The summed E-state index contributed by atoms with van der Waals surface area (Å²) >= 11 is 0. The molecule has 2 aliphatic heterocycles. The molecule has 2 saturated heterocycles. The van der Waals surface area contributed by atoms with Gasteiger partial charge >= 0.3 is 6.03 Å². The fourth-order valence-corrected chi connectivity index (χ4v) is 4.55. The number of hydrogen-bond donors (Lipinski definition) is 2. The predicted octanol–water partition coefficient (Wildman–Crippen LogP) is 4.02. The largest absolute Gasteiger partial charge is 0.339 e. The molecule has 0 unspecified atom stereocenters. The summed E-state index contributed by atoms with van der Waals surface area (Å²) in [7, 11) is 0. The normalized spacial score (nSPS) is 17.5. The average Bonchev–Trinajstić information content (AvgIpc) is 3.31. The van der Waals surface area contributed by atoms with Crippen LogP contribution in [0.1, 0.15) is 47.2 Å². The molecule has 0 bridgehead atoms. The van der Waals surface area contributed by atoms with Crippen molar-refractivity contribution in [2.24, 2.45) is 0 Å². The van der Waals surface area contributed by atoms with Crippen LogP contribution in [0.15, 0.2) is 48.5 Å². The zero-order valence-corrected chi connectivity index (χ0v) is 18.3. The number of anilines is 1. The molecule has 2 aromatic rings. The van der Waals surface area contributed by atoms with Crippen LogP contribution in [-0.4, -0.2) is 54.0 Å². The zero-order valence-electron chi connectivity index (χ0n) is 18.3. The topological polar surface area (TPSA) is 64.7 Å². The highest BCUT2D eigenvalue weighted by atomic mass is 16.2. The van der Waals surface area contributed by atoms with E-state index in [0.717, 1.165) is 64.0 Å². The van der Waals surface area contributed by atoms with Gasteiger partial charge in [-0.25, -0.2) is 4.79 Å². The number of nitrogens with one attached hydrogen (secondary N) is 2. The molecule has 2 aliphatic rings. The third-order valence-electron chi connectivity index (χ3n) is 6.30. The number of rotatable bonds is 5. The molecule has 2 N–H and O–H groups in total. The Morgan fingerprint density at radius 3 is 2.35 bits per heavy atom. The lowest BCUT2D eigenvalue weighted by molar-refractivity contribution is 0.0793. The third-order valence-corrected chi connectivity index (χ3v) is 6.30. The van der Waals surface area contributed by atoms with Crippen molar-refractivity contribution in [3.63, 3.8) is 0 Å². The zero-order chi connectivity index (χ0) is 21.6. The summed E-state index contributed by atoms with van der Waals surface area (Å²) in [6.07, 6.45) is 3.94. The lowest BCUT2D eigenvalue weighted by Gasteiger charge is -2.32. The lowest BCUT2D eigenvalue weighted by Crippen LogP contribution is -2.45. The molecule has 2 aromatic carbocycles. The Kier molecular flexibility index (Phi) is 6.87. The Labute approximate surface area is 184 Å². The molecular weight excluding hydrogens is 388 g/mol. The molecule has 0 spiro atoms. The predicted molar refractivity (Wildman–Crippen MR) is 123 cm³/mol. The fraction of sp³-hybridized carbons (Fsp3) is 0.440. The number of amides is 3. The summed E-state index contributed by atoms with van der Waals surface area (Å²) in [5.74, 6) is 0.0140. The first-order valence-corrected chi connectivity index (χ1v) is 11.3. The number of urea groups is 1. The van der Waals surface area contributed by atoms with Crippen molar-refractivity contribution in [2.75, 3.05) is 31.5 Å². The van der Waals surface area contributed by atoms with E-state index in [2.05, 4.69) is 39.8 Å². The van der Waals surface area contributed by atoms with Gasteiger partial charge in [0.2, 0.25) is 0 Å². The van der Waals surface area contributed by atoms with Gasteiger partial charge in [-0.05, 0) is 49.8 Å². The Balaban J connectivity index is 1.31. The molecule has 0 atom stereocenters. The minimum atomic E-state index is -0.234. The van der Waals surface area contributed by atoms with Gasteiger partial charge in [-0.2, -0.15) is 0 Å². The van der Waals surface area contributed by atoms with Gasteiger partial charge in [-0.1, -0.05) is 42.5 Å². The van der Waals surface area contributed by atoms with Gasteiger partial charge in [0, 0.05) is 38.8 Å². The molecule has 2 fully saturated rings. The van der Waals surface area contributed by atoms with E-state index in [1.807, 2.05) is 36.1 Å². The van der Waals surface area contributed by atoms with E-state index in [1.165, 1.54) is 5.56 Å². The van der Waals surface area contributed by atoms with E-state index < -0.39 is 0 Å². The minimum Gasteiger partial charge on any atom is -0.339 e. The van der Waals surface area contributed by atoms with Crippen molar-refractivity contribution >= 4 is 17.6 Å². The number of hydrogen-bond acceptors (Lipinski definition) is 3. The summed E-state index contributed by atoms with van der Waals surface area (Å²) < 4.78 is 0. The Morgan fingerprint density at radius 2 is 1.65 bits per heavy atom. The van der Waals surface area contributed by atoms with Crippen LogP contribution in [-0.2, 0) is 6.54 Å². The standard InChI is InChI=1S/C25H32N4O2/c1-19-8-7-11-22(23(19)24(30)29-14-5-6-15-29)27-25(31)26-21-12-16-28(17-13-21)18-20-9-3-2-4-10-20/h2-4,7-11,21H,5-6,12-18H2,1H3,(H2,26,27,31). The van der Waals surface area contributed by atoms with E-state index in [4.69, 9.17) is 0 Å². The Bertz CT molecular complexity index is 901. The molecule has 4 rings (SSSR count). The molecular formula is C25H32N4O2. The lowest BCUT2D eigenvalue weighted by atomic mass is 10.0. The van der Waals surface area contributed by atoms with Crippen molar-refractivity contribution < 1.29 is 9.59 Å². The molecule has 0 saturated carbocycles. The van der Waals surface area contributed by atoms with E-state index >= 15 is 0 Å². The van der Waals surface area contributed by atoms with E-state index in [0.29, 0.717) is 11.3 Å². The maximum Gasteiger partial charge on any atom is 0.319 e. The van der Waals surface area contributed by atoms with Crippen molar-refractivity contribution in [1.29, 1.82) is 0 Å². The van der Waals surface area contributed by atoms with E-state index in [-0.39, 0.29) is 18.0 Å². The second kappa shape index (κ2) is 9.96. The number of carbonyl (C=O) groups excluding carboxylic acids is 2. The van der Waals surface area contributed by atoms with Crippen LogP contribution in [0.2, 0.25) is 0 Å². The first-order valence-electron chi connectivity index (χ1n) is 11.3. The van der Waals surface area contributed by atoms with Gasteiger partial charge in [0.05, 0.1) is 11.3 Å². The maximum absolute atomic E-state index is 13.0. The first kappa shape index (κ1) is 21.4. The summed E-state index contributed by atoms with van der Waals surface area (Å²) in [6, 6.07) is 16.0. The molecule has 164 valence electrons. The van der Waals surface area contributed by atoms with Crippen LogP contribution in [0.3, 0.4) is 0 Å². The summed E-state index contributed by atoms with van der Waals surface area (Å²) in [6.45, 7) is 6.38. The van der Waals surface area contributed by atoms with Gasteiger partial charge in [0.25, 0.3) is 5.91 Å². The molecule has 0 aliphatic carbocycles. The minimum absolute atomic E-state index is 0.0140. The fourth-order valence-electron chi connectivity index (χ4n) is 4.55. The smallest absolute Gasteiger partial charge is 0.319 e. The van der Waals surface area contributed by atoms with Crippen LogP contribution in [0.25, 0.3) is 0 Å². The van der Waals surface area contributed by atoms with Gasteiger partial charge < -0.3 is 15.5 Å². The Morgan fingerprint density at radius 1 is 0.935 bits per heavy atom. The van der Waals surface area contributed by atoms with Crippen LogP contribution >= 0.6 is 0 Å². The van der Waals surface area contributed by atoms with Crippen LogP contribution in [0, 0.1) is 6.92 Å². The molecule has 6 heteroatoms. The number of benzene rings is 2. The van der Waals surface area contributed by atoms with Crippen LogP contribution < -0.4 is 10.6 Å². The van der Waals surface area contributed by atoms with E-state index in [1.54, 1.807) is 0 Å². The number of carbonyl (C=O) groups is 2. The molecule has 6 nitrogen and oxygen atoms in total. The van der Waals surface area contributed by atoms with Gasteiger partial charge in [-0.15, -0.1) is 0 Å². The first-order chi connectivity index (χ1) is 15.1. The number of likely N-dealkylation sites (tertiary alicyclic amines) is 2. The van der Waals surface area contributed by atoms with Gasteiger partial charge in [0.1, 0.15) is 0 Å². The number of aryl methyl sites for hydroxylation is 1. The molecule has 31 heavy (non-hydrogen) atoms. The monoisotopic (exact) mass is 420 g/mol. The van der Waals surface area contributed by atoms with Crippen molar-refractivity contribution in [1.82, 2.24) is 15.1 Å².